The molecular weight excluding hydrogens is 954 g/mol. The predicted molar refractivity (Wildman–Crippen MR) is 250 cm³/mol. The summed E-state index contributed by atoms with van der Waals surface area (Å²) in [7, 11) is -8.32. The molecule has 0 aliphatic carbocycles. The minimum absolute atomic E-state index is 0.0497. The van der Waals surface area contributed by atoms with Crippen molar-refractivity contribution in [2.45, 2.75) is 39.5 Å². The van der Waals surface area contributed by atoms with E-state index in [1.54, 1.807) is 60.7 Å². The summed E-state index contributed by atoms with van der Waals surface area (Å²) in [5, 5.41) is 6.18. The Balaban J connectivity index is 0.000000207. The number of hydrogen-bond acceptors (Lipinski definition) is 12. The van der Waals surface area contributed by atoms with E-state index in [4.69, 9.17) is 16.3 Å². The maximum Gasteiger partial charge on any atom is 0.387 e. The average Bonchev–Trinajstić information content (AvgIpc) is 3.62. The lowest BCUT2D eigenvalue weighted by molar-refractivity contribution is -0.123. The van der Waals surface area contributed by atoms with E-state index in [-0.39, 0.29) is 51.4 Å². The predicted octanol–water partition coefficient (Wildman–Crippen LogP) is 8.97. The number of rotatable bonds is 16. The van der Waals surface area contributed by atoms with Gasteiger partial charge in [0.2, 0.25) is 0 Å². The maximum atomic E-state index is 13.6. The molecule has 3 heterocycles. The van der Waals surface area contributed by atoms with Gasteiger partial charge in [0.15, 0.2) is 0 Å². The molecule has 3 aliphatic rings. The minimum atomic E-state index is -4.22. The molecule has 5 aromatic rings. The van der Waals surface area contributed by atoms with E-state index < -0.39 is 45.1 Å². The summed E-state index contributed by atoms with van der Waals surface area (Å²) in [5.74, 6) is -1.53. The first kappa shape index (κ1) is 49.3. The van der Waals surface area contributed by atoms with Gasteiger partial charge in [-0.1, -0.05) is 79.5 Å². The maximum absolute atomic E-state index is 13.6. The van der Waals surface area contributed by atoms with Gasteiger partial charge >= 0.3 is 13.2 Å². The molecule has 0 unspecified atom stereocenters. The normalized spacial score (nSPS) is 16.6. The number of hydrogen-bond donors (Lipinski definition) is 2. The van der Waals surface area contributed by atoms with E-state index in [1.165, 1.54) is 54.6 Å². The standard InChI is InChI=1S/C27H25F2N3O5S.C20H19ClF2N2O4S/c28-27(29)37-23-12-6-19(7-13-23)18-32-26(33)24(25(38(32,34)35)20-4-2-1-3-5-20)30-21-8-10-22(11-9-21)31-14-16-36-17-15-31;1-2-3-11-25-19(26)17(24-15-7-9-16(10-8-15)29-20(22)23)18(30(25,27)28)13-5-4-6-14(21)12-13/h1-13,27,30H,14-18H2;4-10,12,20,24H,2-3,11H2,1H3. The molecule has 3 aliphatic heterocycles. The van der Waals surface area contributed by atoms with Crippen molar-refractivity contribution < 1.29 is 58.2 Å². The van der Waals surface area contributed by atoms with Gasteiger partial charge in [-0.25, -0.2) is 25.4 Å². The summed E-state index contributed by atoms with van der Waals surface area (Å²) in [6.45, 7) is -1.42. The number of unbranched alkanes of at least 4 members (excludes halogenated alkanes) is 1. The van der Waals surface area contributed by atoms with Crippen LogP contribution in [0.15, 0.2) is 139 Å². The van der Waals surface area contributed by atoms with Crippen LogP contribution in [0.3, 0.4) is 0 Å². The van der Waals surface area contributed by atoms with Crippen molar-refractivity contribution in [3.63, 3.8) is 0 Å². The van der Waals surface area contributed by atoms with Crippen LogP contribution in [0, 0.1) is 0 Å². The number of nitrogens with zero attached hydrogens (tertiary/aromatic N) is 3. The Kier molecular flexibility index (Phi) is 15.6. The molecule has 1 fully saturated rings. The monoisotopic (exact) mass is 997 g/mol. The molecule has 1 saturated heterocycles. The van der Waals surface area contributed by atoms with Crippen LogP contribution in [-0.2, 0) is 40.9 Å². The zero-order valence-electron chi connectivity index (χ0n) is 36.2. The molecule has 5 aromatic carbocycles. The number of alkyl halides is 4. The molecular formula is C47H44ClF4N5O9S2. The second kappa shape index (κ2) is 21.6. The lowest BCUT2D eigenvalue weighted by Crippen LogP contribution is -2.36. The van der Waals surface area contributed by atoms with Gasteiger partial charge in [0, 0.05) is 41.7 Å². The Morgan fingerprint density at radius 1 is 0.647 bits per heavy atom. The van der Waals surface area contributed by atoms with Crippen molar-refractivity contribution in [1.29, 1.82) is 0 Å². The van der Waals surface area contributed by atoms with Gasteiger partial charge in [-0.2, -0.15) is 17.6 Å². The third-order valence-electron chi connectivity index (χ3n) is 10.6. The molecule has 21 heteroatoms. The number of ether oxygens (including phenoxy) is 3. The van der Waals surface area contributed by atoms with E-state index in [0.717, 1.165) is 27.4 Å². The van der Waals surface area contributed by atoms with Crippen LogP contribution in [0.4, 0.5) is 34.6 Å². The van der Waals surface area contributed by atoms with E-state index in [9.17, 15) is 44.0 Å². The number of halogens is 5. The molecule has 0 saturated carbocycles. The van der Waals surface area contributed by atoms with E-state index in [1.807, 2.05) is 19.1 Å². The Morgan fingerprint density at radius 3 is 1.69 bits per heavy atom. The second-order valence-electron chi connectivity index (χ2n) is 15.2. The fourth-order valence-corrected chi connectivity index (χ4v) is 11.0. The van der Waals surface area contributed by atoms with Crippen LogP contribution < -0.4 is 25.0 Å². The molecule has 0 atom stereocenters. The van der Waals surface area contributed by atoms with Gasteiger partial charge < -0.3 is 29.7 Å². The summed E-state index contributed by atoms with van der Waals surface area (Å²) in [6, 6.07) is 32.9. The van der Waals surface area contributed by atoms with Crippen LogP contribution in [0.2, 0.25) is 5.02 Å². The van der Waals surface area contributed by atoms with E-state index in [2.05, 4.69) is 25.0 Å². The molecule has 0 radical (unpaired) electrons. The fourth-order valence-electron chi connectivity index (χ4n) is 7.37. The summed E-state index contributed by atoms with van der Waals surface area (Å²) < 4.78 is 119. The smallest absolute Gasteiger partial charge is 0.387 e. The number of carbonyl (C=O) groups is 2. The van der Waals surface area contributed by atoms with Crippen molar-refractivity contribution in [1.82, 2.24) is 8.61 Å². The number of carbonyl (C=O) groups excluding carboxylic acids is 2. The van der Waals surface area contributed by atoms with Gasteiger partial charge in [-0.05, 0) is 95.9 Å². The Hall–Kier alpha value is -6.61. The van der Waals surface area contributed by atoms with Gasteiger partial charge in [0.1, 0.15) is 32.7 Å². The highest BCUT2D eigenvalue weighted by molar-refractivity contribution is 8.00. The Bertz CT molecular complexity index is 2890. The fraction of sp³-hybridized carbons (Fsp3) is 0.234. The molecule has 14 nitrogen and oxygen atoms in total. The highest BCUT2D eigenvalue weighted by atomic mass is 35.5. The summed E-state index contributed by atoms with van der Waals surface area (Å²) in [5.41, 5.74) is 2.79. The van der Waals surface area contributed by atoms with Gasteiger partial charge in [0.05, 0.1) is 19.8 Å². The first-order chi connectivity index (χ1) is 32.6. The number of nitrogens with one attached hydrogen (secondary N) is 2. The van der Waals surface area contributed by atoms with Crippen molar-refractivity contribution in [3.8, 4) is 11.5 Å². The summed E-state index contributed by atoms with van der Waals surface area (Å²) >= 11 is 6.03. The molecule has 0 spiro atoms. The van der Waals surface area contributed by atoms with Crippen molar-refractivity contribution in [2.24, 2.45) is 0 Å². The highest BCUT2D eigenvalue weighted by Crippen LogP contribution is 2.39. The van der Waals surface area contributed by atoms with Crippen LogP contribution in [0.5, 0.6) is 11.5 Å². The largest absolute Gasteiger partial charge is 0.435 e. The number of sulfonamides is 2. The molecule has 2 N–H and O–H groups in total. The lowest BCUT2D eigenvalue weighted by Gasteiger charge is -2.29. The van der Waals surface area contributed by atoms with Crippen molar-refractivity contribution in [3.05, 3.63) is 161 Å². The van der Waals surface area contributed by atoms with Crippen LogP contribution in [-0.4, -0.2) is 83.3 Å². The molecule has 2 amide bonds. The number of morpholine rings is 1. The van der Waals surface area contributed by atoms with Gasteiger partial charge in [-0.3, -0.25) is 9.59 Å². The van der Waals surface area contributed by atoms with Gasteiger partial charge in [-0.15, -0.1) is 0 Å². The third-order valence-corrected chi connectivity index (χ3v) is 14.6. The zero-order valence-corrected chi connectivity index (χ0v) is 38.5. The van der Waals surface area contributed by atoms with Crippen LogP contribution in [0.1, 0.15) is 36.5 Å². The van der Waals surface area contributed by atoms with Crippen molar-refractivity contribution in [2.75, 3.05) is 48.4 Å². The van der Waals surface area contributed by atoms with Gasteiger partial charge in [0.25, 0.3) is 31.9 Å². The van der Waals surface area contributed by atoms with Crippen LogP contribution in [0.25, 0.3) is 9.81 Å². The average molecular weight is 998 g/mol. The molecule has 8 rings (SSSR count). The molecule has 68 heavy (non-hydrogen) atoms. The molecule has 0 aromatic heterocycles. The highest BCUT2D eigenvalue weighted by Gasteiger charge is 2.46. The number of benzene rings is 5. The third kappa shape index (κ3) is 11.4. The Labute approximate surface area is 395 Å². The molecule has 358 valence electrons. The van der Waals surface area contributed by atoms with E-state index in [0.29, 0.717) is 53.6 Å². The lowest BCUT2D eigenvalue weighted by atomic mass is 10.1. The summed E-state index contributed by atoms with van der Waals surface area (Å²) in [6.07, 6.45) is 1.22. The quantitative estimate of drug-likeness (QED) is 0.0904. The summed E-state index contributed by atoms with van der Waals surface area (Å²) in [4.78, 5) is 28.4. The van der Waals surface area contributed by atoms with Crippen molar-refractivity contribution >= 4 is 70.3 Å². The first-order valence-electron chi connectivity index (χ1n) is 21.1. The minimum Gasteiger partial charge on any atom is -0.435 e. The second-order valence-corrected chi connectivity index (χ2v) is 19.2. The first-order valence-corrected chi connectivity index (χ1v) is 24.3. The Morgan fingerprint density at radius 2 is 1.15 bits per heavy atom. The van der Waals surface area contributed by atoms with Crippen LogP contribution >= 0.6 is 11.6 Å². The topological polar surface area (TPSA) is 164 Å². The SMILES string of the molecule is CCCCN1C(=O)C(Nc2ccc(OC(F)F)cc2)=C(c2cccc(Cl)c2)S1(=O)=O.O=C1C(Nc2ccc(N3CCOCC3)cc2)=C(c2ccccc2)S(=O)(=O)N1Cc1ccc(OC(F)F)cc1. The van der Waals surface area contributed by atoms with E-state index >= 15 is 0 Å². The zero-order chi connectivity index (χ0) is 48.6. The molecule has 0 bridgehead atoms. The number of anilines is 3. The number of amides is 2.